The van der Waals surface area contributed by atoms with Gasteiger partial charge in [0.25, 0.3) is 0 Å². The van der Waals surface area contributed by atoms with Crippen molar-refractivity contribution in [3.63, 3.8) is 0 Å². The summed E-state index contributed by atoms with van der Waals surface area (Å²) in [7, 11) is -4.03. The minimum Gasteiger partial charge on any atom is -0.480 e. The molecule has 0 radical (unpaired) electrons. The van der Waals surface area contributed by atoms with E-state index in [0.717, 1.165) is 0 Å². The Morgan fingerprint density at radius 1 is 1.29 bits per heavy atom. The Morgan fingerprint density at radius 2 is 1.86 bits per heavy atom. The summed E-state index contributed by atoms with van der Waals surface area (Å²) in [5.41, 5.74) is 0. The van der Waals surface area contributed by atoms with Gasteiger partial charge in [-0.05, 0) is 12.1 Å². The molecule has 0 aliphatic carbocycles. The summed E-state index contributed by atoms with van der Waals surface area (Å²) >= 11 is 0. The predicted molar refractivity (Wildman–Crippen MR) is 48.5 cm³/mol. The van der Waals surface area contributed by atoms with Crippen molar-refractivity contribution in [3.8, 4) is 5.75 Å². The highest BCUT2D eigenvalue weighted by atomic mass is 32.2. The third-order valence-corrected chi connectivity index (χ3v) is 2.31. The number of carboxylic acids is 1. The van der Waals surface area contributed by atoms with Gasteiger partial charge in [-0.1, -0.05) is 18.2 Å². The van der Waals surface area contributed by atoms with Gasteiger partial charge in [0.1, 0.15) is 5.75 Å². The summed E-state index contributed by atoms with van der Waals surface area (Å²) in [6.07, 6.45) is 0. The molecule has 0 spiro atoms. The molecule has 76 valence electrons. The molecule has 5 nitrogen and oxygen atoms in total. The number of para-hydroxylation sites is 1. The van der Waals surface area contributed by atoms with Crippen LogP contribution >= 0.6 is 0 Å². The maximum atomic E-state index is 11.0. The van der Waals surface area contributed by atoms with Crippen molar-refractivity contribution in [1.82, 2.24) is 0 Å². The highest BCUT2D eigenvalue weighted by Crippen LogP contribution is 2.11. The molecule has 0 atom stereocenters. The Balaban J connectivity index is 2.74. The lowest BCUT2D eigenvalue weighted by atomic mass is 10.3. The molecule has 0 heterocycles. The normalized spacial score (nSPS) is 10.9. The molecule has 0 fully saturated rings. The summed E-state index contributed by atoms with van der Waals surface area (Å²) in [6.45, 7) is 0. The smallest absolute Gasteiger partial charge is 0.322 e. The van der Waals surface area contributed by atoms with Gasteiger partial charge in [0, 0.05) is 0 Å². The number of rotatable bonds is 4. The Labute approximate surface area is 81.1 Å². The van der Waals surface area contributed by atoms with Crippen LogP contribution < -0.4 is 4.18 Å². The summed E-state index contributed by atoms with van der Waals surface area (Å²) in [5.74, 6) is -2.38. The molecule has 0 aliphatic rings. The molecule has 0 bridgehead atoms. The first-order chi connectivity index (χ1) is 6.49. The van der Waals surface area contributed by atoms with E-state index in [2.05, 4.69) is 4.18 Å². The Kier molecular flexibility index (Phi) is 3.08. The first-order valence-corrected chi connectivity index (χ1v) is 5.26. The molecule has 0 aliphatic heterocycles. The third kappa shape index (κ3) is 3.44. The molecule has 0 amide bonds. The average Bonchev–Trinajstić information content (AvgIpc) is 2.02. The first kappa shape index (κ1) is 10.5. The van der Waals surface area contributed by atoms with Gasteiger partial charge in [-0.15, -0.1) is 0 Å². The van der Waals surface area contributed by atoms with E-state index in [1.54, 1.807) is 18.2 Å². The van der Waals surface area contributed by atoms with Crippen molar-refractivity contribution in [2.24, 2.45) is 0 Å². The van der Waals surface area contributed by atoms with Crippen LogP contribution in [0.1, 0.15) is 0 Å². The van der Waals surface area contributed by atoms with Crippen LogP contribution in [-0.2, 0) is 14.9 Å². The molecule has 1 aromatic carbocycles. The highest BCUT2D eigenvalue weighted by molar-refractivity contribution is 7.87. The Bertz CT molecular complexity index is 409. The van der Waals surface area contributed by atoms with Crippen molar-refractivity contribution in [2.75, 3.05) is 5.75 Å². The van der Waals surface area contributed by atoms with E-state index >= 15 is 0 Å². The van der Waals surface area contributed by atoms with Crippen molar-refractivity contribution < 1.29 is 22.5 Å². The maximum absolute atomic E-state index is 11.0. The monoisotopic (exact) mass is 216 g/mol. The number of carbonyl (C=O) groups is 1. The SMILES string of the molecule is O=C(O)CS(=O)(=O)Oc1ccccc1. The quantitative estimate of drug-likeness (QED) is 0.740. The number of benzene rings is 1. The fraction of sp³-hybridized carbons (Fsp3) is 0.125. The van der Waals surface area contributed by atoms with Crippen LogP contribution in [0.5, 0.6) is 5.75 Å². The van der Waals surface area contributed by atoms with Gasteiger partial charge < -0.3 is 9.29 Å². The first-order valence-electron chi connectivity index (χ1n) is 3.68. The summed E-state index contributed by atoms with van der Waals surface area (Å²) in [5, 5.41) is 8.27. The summed E-state index contributed by atoms with van der Waals surface area (Å²) in [4.78, 5) is 10.1. The number of aliphatic carboxylic acids is 1. The van der Waals surface area contributed by atoms with Crippen molar-refractivity contribution in [1.29, 1.82) is 0 Å². The molecule has 0 saturated carbocycles. The van der Waals surface area contributed by atoms with Crippen LogP contribution in [0, 0.1) is 0 Å². The lowest BCUT2D eigenvalue weighted by molar-refractivity contribution is -0.134. The van der Waals surface area contributed by atoms with Crippen LogP contribution in [0.4, 0.5) is 0 Å². The second-order valence-electron chi connectivity index (χ2n) is 2.49. The lowest BCUT2D eigenvalue weighted by Crippen LogP contribution is -2.20. The third-order valence-electron chi connectivity index (χ3n) is 1.27. The van der Waals surface area contributed by atoms with Crippen LogP contribution in [0.25, 0.3) is 0 Å². The summed E-state index contributed by atoms with van der Waals surface area (Å²) in [6, 6.07) is 7.73. The Morgan fingerprint density at radius 3 is 2.36 bits per heavy atom. The largest absolute Gasteiger partial charge is 0.480 e. The molecule has 6 heteroatoms. The van der Waals surface area contributed by atoms with Gasteiger partial charge >= 0.3 is 16.1 Å². The fourth-order valence-corrected chi connectivity index (χ4v) is 1.57. The van der Waals surface area contributed by atoms with E-state index in [9.17, 15) is 13.2 Å². The predicted octanol–water partition coefficient (Wildman–Crippen LogP) is 0.480. The van der Waals surface area contributed by atoms with Crippen molar-refractivity contribution >= 4 is 16.1 Å². The van der Waals surface area contributed by atoms with Gasteiger partial charge in [-0.2, -0.15) is 8.42 Å². The molecule has 1 rings (SSSR count). The molecule has 14 heavy (non-hydrogen) atoms. The minimum absolute atomic E-state index is 0.105. The second kappa shape index (κ2) is 4.10. The van der Waals surface area contributed by atoms with E-state index in [4.69, 9.17) is 5.11 Å². The maximum Gasteiger partial charge on any atom is 0.322 e. The van der Waals surface area contributed by atoms with Gasteiger partial charge in [-0.3, -0.25) is 4.79 Å². The van der Waals surface area contributed by atoms with Gasteiger partial charge in [0.05, 0.1) is 0 Å². The van der Waals surface area contributed by atoms with Crippen LogP contribution in [0.3, 0.4) is 0 Å². The molecular weight excluding hydrogens is 208 g/mol. The van der Waals surface area contributed by atoms with Crippen LogP contribution in [-0.4, -0.2) is 25.2 Å². The van der Waals surface area contributed by atoms with E-state index in [0.29, 0.717) is 0 Å². The zero-order valence-corrected chi connectivity index (χ0v) is 7.90. The zero-order chi connectivity index (χ0) is 10.6. The van der Waals surface area contributed by atoms with Gasteiger partial charge in [0.2, 0.25) is 0 Å². The standard InChI is InChI=1S/C8H8O5S/c9-8(10)6-14(11,12)13-7-4-2-1-3-5-7/h1-5H,6H2,(H,9,10). The number of carboxylic acid groups (broad SMARTS) is 1. The zero-order valence-electron chi connectivity index (χ0n) is 7.08. The van der Waals surface area contributed by atoms with E-state index in [-0.39, 0.29) is 5.75 Å². The molecule has 1 N–H and O–H groups in total. The van der Waals surface area contributed by atoms with E-state index < -0.39 is 21.8 Å². The topological polar surface area (TPSA) is 80.7 Å². The molecular formula is C8H8O5S. The van der Waals surface area contributed by atoms with Crippen LogP contribution in [0.15, 0.2) is 30.3 Å². The minimum atomic E-state index is -4.03. The number of hydrogen-bond donors (Lipinski definition) is 1. The number of hydrogen-bond acceptors (Lipinski definition) is 4. The summed E-state index contributed by atoms with van der Waals surface area (Å²) < 4.78 is 26.5. The van der Waals surface area contributed by atoms with Gasteiger partial charge in [0.15, 0.2) is 5.75 Å². The Hall–Kier alpha value is -1.56. The average molecular weight is 216 g/mol. The molecule has 0 aromatic heterocycles. The van der Waals surface area contributed by atoms with Crippen molar-refractivity contribution in [3.05, 3.63) is 30.3 Å². The van der Waals surface area contributed by atoms with E-state index in [1.807, 2.05) is 0 Å². The molecule has 0 saturated heterocycles. The van der Waals surface area contributed by atoms with Gasteiger partial charge in [-0.25, -0.2) is 0 Å². The van der Waals surface area contributed by atoms with E-state index in [1.165, 1.54) is 12.1 Å². The molecule has 1 aromatic rings. The lowest BCUT2D eigenvalue weighted by Gasteiger charge is -2.03. The van der Waals surface area contributed by atoms with Crippen LogP contribution in [0.2, 0.25) is 0 Å². The van der Waals surface area contributed by atoms with Crippen molar-refractivity contribution in [2.45, 2.75) is 0 Å². The second-order valence-corrected chi connectivity index (χ2v) is 4.06. The highest BCUT2D eigenvalue weighted by Gasteiger charge is 2.17. The fourth-order valence-electron chi connectivity index (χ4n) is 0.803. The molecule has 0 unspecified atom stereocenters.